The summed E-state index contributed by atoms with van der Waals surface area (Å²) in [6, 6.07) is 2.74. The SMILES string of the molecule is O=P([O-])([O-])Oc1ccc(C(F)(F)F)cc1. The third-order valence-electron chi connectivity index (χ3n) is 1.40. The van der Waals surface area contributed by atoms with Crippen LogP contribution < -0.4 is 14.3 Å². The van der Waals surface area contributed by atoms with E-state index in [1.54, 1.807) is 0 Å². The molecule has 0 aliphatic rings. The highest BCUT2D eigenvalue weighted by atomic mass is 31.2. The highest BCUT2D eigenvalue weighted by Gasteiger charge is 2.29. The highest BCUT2D eigenvalue weighted by molar-refractivity contribution is 7.43. The van der Waals surface area contributed by atoms with Gasteiger partial charge in [0.15, 0.2) is 0 Å². The van der Waals surface area contributed by atoms with Gasteiger partial charge in [-0.15, -0.1) is 0 Å². The number of rotatable bonds is 2. The van der Waals surface area contributed by atoms with Gasteiger partial charge in [-0.25, -0.2) is 0 Å². The standard InChI is InChI=1S/C7H6F3O4P/c8-7(9,10)5-1-3-6(4-2-5)14-15(11,12)13/h1-4H,(H2,11,12,13)/p-2. The van der Waals surface area contributed by atoms with Crippen LogP contribution in [0.25, 0.3) is 0 Å². The van der Waals surface area contributed by atoms with Crippen molar-refractivity contribution < 1.29 is 32.0 Å². The molecule has 0 saturated carbocycles. The van der Waals surface area contributed by atoms with Crippen LogP contribution in [-0.4, -0.2) is 0 Å². The molecule has 0 radical (unpaired) electrons. The molecule has 0 fully saturated rings. The minimum Gasteiger partial charge on any atom is -0.780 e. The molecule has 0 aliphatic carbocycles. The maximum absolute atomic E-state index is 12.0. The Hall–Kier alpha value is -1.04. The van der Waals surface area contributed by atoms with E-state index in [1.165, 1.54) is 0 Å². The number of alkyl halides is 3. The second-order valence-corrected chi connectivity index (χ2v) is 3.64. The molecular formula is C7H4F3O4P-2. The molecular weight excluding hydrogens is 236 g/mol. The number of phosphoric ester groups is 1. The summed E-state index contributed by atoms with van der Waals surface area (Å²) in [7, 11) is -5.22. The average molecular weight is 240 g/mol. The van der Waals surface area contributed by atoms with Crippen molar-refractivity contribution in [1.82, 2.24) is 0 Å². The predicted octanol–water partition coefficient (Wildman–Crippen LogP) is 0.913. The maximum Gasteiger partial charge on any atom is 0.416 e. The van der Waals surface area contributed by atoms with Gasteiger partial charge in [0.1, 0.15) is 13.6 Å². The van der Waals surface area contributed by atoms with Crippen molar-refractivity contribution in [1.29, 1.82) is 0 Å². The summed E-state index contributed by atoms with van der Waals surface area (Å²) in [6.07, 6.45) is -4.52. The fourth-order valence-electron chi connectivity index (χ4n) is 0.834. The van der Waals surface area contributed by atoms with E-state index in [1.807, 2.05) is 0 Å². The lowest BCUT2D eigenvalue weighted by molar-refractivity contribution is -0.333. The number of benzene rings is 1. The van der Waals surface area contributed by atoms with Crippen molar-refractivity contribution in [3.8, 4) is 5.75 Å². The van der Waals surface area contributed by atoms with E-state index in [0.29, 0.717) is 12.1 Å². The molecule has 8 heteroatoms. The maximum atomic E-state index is 12.0. The molecule has 84 valence electrons. The van der Waals surface area contributed by atoms with E-state index in [9.17, 15) is 27.5 Å². The predicted molar refractivity (Wildman–Crippen MR) is 39.7 cm³/mol. The molecule has 4 nitrogen and oxygen atoms in total. The third-order valence-corrected chi connectivity index (χ3v) is 1.83. The van der Waals surface area contributed by atoms with Gasteiger partial charge in [0, 0.05) is 0 Å². The second kappa shape index (κ2) is 3.84. The zero-order chi connectivity index (χ0) is 11.7. The van der Waals surface area contributed by atoms with Crippen LogP contribution in [0.4, 0.5) is 13.2 Å². The first-order chi connectivity index (χ1) is 6.68. The van der Waals surface area contributed by atoms with Crippen LogP contribution in [0.15, 0.2) is 24.3 Å². The van der Waals surface area contributed by atoms with Gasteiger partial charge in [-0.2, -0.15) is 13.2 Å². The number of hydrogen-bond acceptors (Lipinski definition) is 4. The van der Waals surface area contributed by atoms with Gasteiger partial charge in [-0.05, 0) is 24.3 Å². The molecule has 1 aromatic carbocycles. The Morgan fingerprint density at radius 2 is 1.60 bits per heavy atom. The molecule has 0 aliphatic heterocycles. The summed E-state index contributed by atoms with van der Waals surface area (Å²) in [6.45, 7) is 0. The molecule has 0 atom stereocenters. The van der Waals surface area contributed by atoms with E-state index in [4.69, 9.17) is 0 Å². The Morgan fingerprint density at radius 1 is 1.13 bits per heavy atom. The average Bonchev–Trinajstić information content (AvgIpc) is 2.00. The van der Waals surface area contributed by atoms with Gasteiger partial charge in [0.25, 0.3) is 0 Å². The first-order valence-corrected chi connectivity index (χ1v) is 5.03. The fraction of sp³-hybridized carbons (Fsp3) is 0.143. The van der Waals surface area contributed by atoms with Gasteiger partial charge < -0.3 is 18.9 Å². The lowest BCUT2D eigenvalue weighted by Gasteiger charge is -2.29. The van der Waals surface area contributed by atoms with Crippen LogP contribution in [0.5, 0.6) is 5.75 Å². The molecule has 15 heavy (non-hydrogen) atoms. The quantitative estimate of drug-likeness (QED) is 0.720. The van der Waals surface area contributed by atoms with Crippen molar-refractivity contribution in [2.24, 2.45) is 0 Å². The summed E-state index contributed by atoms with van der Waals surface area (Å²) in [5.41, 5.74) is -0.957. The largest absolute Gasteiger partial charge is 0.780 e. The number of hydrogen-bond donors (Lipinski definition) is 0. The third kappa shape index (κ3) is 3.91. The molecule has 0 amide bonds. The Bertz CT molecular complexity index is 380. The lowest BCUT2D eigenvalue weighted by Crippen LogP contribution is -2.18. The first-order valence-electron chi connectivity index (χ1n) is 3.57. The molecule has 0 N–H and O–H groups in total. The molecule has 0 unspecified atom stereocenters. The van der Waals surface area contributed by atoms with Crippen molar-refractivity contribution in [3.63, 3.8) is 0 Å². The van der Waals surface area contributed by atoms with Crippen LogP contribution >= 0.6 is 7.82 Å². The van der Waals surface area contributed by atoms with Gasteiger partial charge in [-0.1, -0.05) is 0 Å². The normalized spacial score (nSPS) is 12.6. The van der Waals surface area contributed by atoms with Crippen LogP contribution in [0.1, 0.15) is 5.56 Å². The summed E-state index contributed by atoms with van der Waals surface area (Å²) in [5.74, 6) is -0.448. The first kappa shape index (κ1) is 12.0. The van der Waals surface area contributed by atoms with E-state index in [2.05, 4.69) is 4.52 Å². The number of halogens is 3. The summed E-state index contributed by atoms with van der Waals surface area (Å²) in [4.78, 5) is 20.2. The molecule has 1 aromatic rings. The van der Waals surface area contributed by atoms with E-state index in [-0.39, 0.29) is 0 Å². The van der Waals surface area contributed by atoms with Crippen molar-refractivity contribution >= 4 is 7.82 Å². The molecule has 0 saturated heterocycles. The highest BCUT2D eigenvalue weighted by Crippen LogP contribution is 2.33. The number of phosphoric acid groups is 1. The van der Waals surface area contributed by atoms with Crippen molar-refractivity contribution in [2.45, 2.75) is 6.18 Å². The van der Waals surface area contributed by atoms with Gasteiger partial charge in [0.05, 0.1) is 5.56 Å². The monoisotopic (exact) mass is 240 g/mol. The Morgan fingerprint density at radius 3 is 1.93 bits per heavy atom. The molecule has 0 spiro atoms. The van der Waals surface area contributed by atoms with Crippen molar-refractivity contribution in [2.75, 3.05) is 0 Å². The topological polar surface area (TPSA) is 72.4 Å². The van der Waals surface area contributed by atoms with Crippen LogP contribution in [0.3, 0.4) is 0 Å². The van der Waals surface area contributed by atoms with Crippen LogP contribution in [0, 0.1) is 0 Å². The van der Waals surface area contributed by atoms with E-state index in [0.717, 1.165) is 12.1 Å². The second-order valence-electron chi connectivity index (χ2n) is 2.56. The van der Waals surface area contributed by atoms with E-state index < -0.39 is 25.3 Å². The van der Waals surface area contributed by atoms with Gasteiger partial charge >= 0.3 is 6.18 Å². The van der Waals surface area contributed by atoms with Crippen molar-refractivity contribution in [3.05, 3.63) is 29.8 Å². The lowest BCUT2D eigenvalue weighted by atomic mass is 10.2. The van der Waals surface area contributed by atoms with Gasteiger partial charge in [0.2, 0.25) is 0 Å². The minimum atomic E-state index is -5.22. The van der Waals surface area contributed by atoms with Gasteiger partial charge in [-0.3, -0.25) is 0 Å². The molecule has 0 aromatic heterocycles. The smallest absolute Gasteiger partial charge is 0.416 e. The van der Waals surface area contributed by atoms with Crippen LogP contribution in [0.2, 0.25) is 0 Å². The molecule has 0 heterocycles. The summed E-state index contributed by atoms with van der Waals surface area (Å²) in [5, 5.41) is 0. The molecule has 0 bridgehead atoms. The zero-order valence-corrected chi connectivity index (χ0v) is 7.92. The Labute approximate surface area is 82.5 Å². The molecule has 1 rings (SSSR count). The van der Waals surface area contributed by atoms with E-state index >= 15 is 0 Å². The summed E-state index contributed by atoms with van der Waals surface area (Å²) < 4.78 is 50.1. The summed E-state index contributed by atoms with van der Waals surface area (Å²) >= 11 is 0. The Kier molecular flexibility index (Phi) is 3.08. The van der Waals surface area contributed by atoms with Crippen LogP contribution in [-0.2, 0) is 10.7 Å². The minimum absolute atomic E-state index is 0.448. The fourth-order valence-corrected chi connectivity index (χ4v) is 1.21. The zero-order valence-electron chi connectivity index (χ0n) is 7.02. The Balaban J connectivity index is 2.87.